The summed E-state index contributed by atoms with van der Waals surface area (Å²) in [6, 6.07) is 7.92. The van der Waals surface area contributed by atoms with Crippen molar-refractivity contribution in [2.24, 2.45) is 4.99 Å². The predicted molar refractivity (Wildman–Crippen MR) is 60.2 cm³/mol. The second-order valence-corrected chi connectivity index (χ2v) is 3.84. The van der Waals surface area contributed by atoms with Gasteiger partial charge in [-0.15, -0.1) is 0 Å². The van der Waals surface area contributed by atoms with Crippen molar-refractivity contribution in [2.45, 2.75) is 12.8 Å². The summed E-state index contributed by atoms with van der Waals surface area (Å²) in [6.07, 6.45) is 0. The predicted octanol–water partition coefficient (Wildman–Crippen LogP) is 2.45. The molecule has 0 fully saturated rings. The fourth-order valence-corrected chi connectivity index (χ4v) is 1.98. The van der Waals surface area contributed by atoms with Crippen LogP contribution in [-0.4, -0.2) is 18.9 Å². The van der Waals surface area contributed by atoms with Gasteiger partial charge < -0.3 is 5.32 Å². The van der Waals surface area contributed by atoms with Crippen molar-refractivity contribution >= 4 is 17.4 Å². The fraction of sp³-hybridized carbons (Fsp3) is 0.364. The van der Waals surface area contributed by atoms with E-state index in [-0.39, 0.29) is 5.92 Å². The van der Waals surface area contributed by atoms with Gasteiger partial charge in [-0.25, -0.2) is 0 Å². The molecule has 1 aromatic carbocycles. The van der Waals surface area contributed by atoms with Crippen LogP contribution in [0.4, 0.5) is 0 Å². The Morgan fingerprint density at radius 1 is 1.43 bits per heavy atom. The highest BCUT2D eigenvalue weighted by molar-refractivity contribution is 6.31. The number of rotatable bonds is 2. The molecule has 1 heterocycles. The van der Waals surface area contributed by atoms with E-state index in [0.29, 0.717) is 0 Å². The summed E-state index contributed by atoms with van der Waals surface area (Å²) < 4.78 is 0. The van der Waals surface area contributed by atoms with Gasteiger partial charge in [0.1, 0.15) is 5.84 Å². The maximum Gasteiger partial charge on any atom is 0.104 e. The number of hydrogen-bond acceptors (Lipinski definition) is 2. The molecule has 0 aliphatic carbocycles. The van der Waals surface area contributed by atoms with Gasteiger partial charge in [0.05, 0.1) is 6.54 Å². The minimum atomic E-state index is 0.270. The van der Waals surface area contributed by atoms with Crippen LogP contribution in [0.3, 0.4) is 0 Å². The van der Waals surface area contributed by atoms with Gasteiger partial charge in [-0.1, -0.05) is 36.7 Å². The minimum absolute atomic E-state index is 0.270. The third-order valence-electron chi connectivity index (χ3n) is 2.48. The van der Waals surface area contributed by atoms with Gasteiger partial charge in [0.15, 0.2) is 0 Å². The first-order chi connectivity index (χ1) is 6.79. The highest BCUT2D eigenvalue weighted by Crippen LogP contribution is 2.25. The topological polar surface area (TPSA) is 24.4 Å². The van der Waals surface area contributed by atoms with Crippen LogP contribution in [0.25, 0.3) is 0 Å². The molecule has 1 aliphatic rings. The molecule has 14 heavy (non-hydrogen) atoms. The lowest BCUT2D eigenvalue weighted by atomic mass is 10.00. The summed E-state index contributed by atoms with van der Waals surface area (Å²) in [5, 5.41) is 4.09. The van der Waals surface area contributed by atoms with Crippen molar-refractivity contribution < 1.29 is 0 Å². The second kappa shape index (κ2) is 4.01. The number of hydrogen-bond donors (Lipinski definition) is 1. The smallest absolute Gasteiger partial charge is 0.104 e. The Kier molecular flexibility index (Phi) is 2.73. The van der Waals surface area contributed by atoms with Crippen LogP contribution in [0.5, 0.6) is 0 Å². The van der Waals surface area contributed by atoms with Gasteiger partial charge in [0, 0.05) is 17.5 Å². The zero-order valence-corrected chi connectivity index (χ0v) is 8.88. The van der Waals surface area contributed by atoms with Gasteiger partial charge >= 0.3 is 0 Å². The molecule has 0 spiro atoms. The Morgan fingerprint density at radius 3 is 2.86 bits per heavy atom. The molecule has 0 amide bonds. The summed E-state index contributed by atoms with van der Waals surface area (Å²) in [4.78, 5) is 4.40. The van der Waals surface area contributed by atoms with Crippen molar-refractivity contribution in [2.75, 3.05) is 13.1 Å². The molecule has 1 aliphatic heterocycles. The molecule has 2 nitrogen and oxygen atoms in total. The standard InChI is InChI=1S/C11H13ClN2/c1-8(11-13-6-7-14-11)9-4-2-3-5-10(9)12/h2-5,8H,6-7H2,1H3,(H,13,14). The molecule has 0 aromatic heterocycles. The molecule has 1 unspecified atom stereocenters. The number of aliphatic imine (C=N–C) groups is 1. The Morgan fingerprint density at radius 2 is 2.21 bits per heavy atom. The molecule has 0 bridgehead atoms. The summed E-state index contributed by atoms with van der Waals surface area (Å²) in [6.45, 7) is 3.95. The van der Waals surface area contributed by atoms with E-state index in [0.717, 1.165) is 29.5 Å². The van der Waals surface area contributed by atoms with E-state index in [1.54, 1.807) is 0 Å². The van der Waals surface area contributed by atoms with Crippen LogP contribution < -0.4 is 5.32 Å². The number of benzene rings is 1. The van der Waals surface area contributed by atoms with Crippen LogP contribution in [0.1, 0.15) is 18.4 Å². The lowest BCUT2D eigenvalue weighted by Gasteiger charge is -2.13. The molecule has 3 heteroatoms. The molecule has 0 radical (unpaired) electrons. The van der Waals surface area contributed by atoms with E-state index in [9.17, 15) is 0 Å². The highest BCUT2D eigenvalue weighted by Gasteiger charge is 2.17. The van der Waals surface area contributed by atoms with Crippen LogP contribution in [-0.2, 0) is 0 Å². The van der Waals surface area contributed by atoms with Crippen LogP contribution >= 0.6 is 11.6 Å². The molecule has 1 N–H and O–H groups in total. The van der Waals surface area contributed by atoms with E-state index in [1.165, 1.54) is 0 Å². The molecule has 2 rings (SSSR count). The Balaban J connectivity index is 2.26. The minimum Gasteiger partial charge on any atom is -0.371 e. The first kappa shape index (κ1) is 9.53. The van der Waals surface area contributed by atoms with E-state index < -0.39 is 0 Å². The lowest BCUT2D eigenvalue weighted by molar-refractivity contribution is 0.919. The molecule has 74 valence electrons. The Hall–Kier alpha value is -1.02. The van der Waals surface area contributed by atoms with Crippen molar-refractivity contribution in [1.82, 2.24) is 5.32 Å². The highest BCUT2D eigenvalue weighted by atomic mass is 35.5. The molecule has 1 atom stereocenters. The largest absolute Gasteiger partial charge is 0.371 e. The van der Waals surface area contributed by atoms with Crippen LogP contribution in [0.2, 0.25) is 5.02 Å². The van der Waals surface area contributed by atoms with Gasteiger partial charge in [-0.3, -0.25) is 4.99 Å². The summed E-state index contributed by atoms with van der Waals surface area (Å²) in [5.74, 6) is 1.32. The second-order valence-electron chi connectivity index (χ2n) is 3.44. The zero-order valence-electron chi connectivity index (χ0n) is 8.13. The molecular weight excluding hydrogens is 196 g/mol. The monoisotopic (exact) mass is 208 g/mol. The number of halogens is 1. The van der Waals surface area contributed by atoms with E-state index in [4.69, 9.17) is 11.6 Å². The molecule has 1 aromatic rings. The molecule has 0 saturated heterocycles. The van der Waals surface area contributed by atoms with E-state index >= 15 is 0 Å². The third kappa shape index (κ3) is 1.75. The van der Waals surface area contributed by atoms with E-state index in [1.807, 2.05) is 18.2 Å². The van der Waals surface area contributed by atoms with Gasteiger partial charge in [0.2, 0.25) is 0 Å². The van der Waals surface area contributed by atoms with Crippen molar-refractivity contribution in [3.63, 3.8) is 0 Å². The Bertz CT molecular complexity index is 360. The molecular formula is C11H13ClN2. The lowest BCUT2D eigenvalue weighted by Crippen LogP contribution is -2.24. The normalized spacial score (nSPS) is 17.4. The van der Waals surface area contributed by atoms with E-state index in [2.05, 4.69) is 23.3 Å². The summed E-state index contributed by atoms with van der Waals surface area (Å²) in [7, 11) is 0. The zero-order chi connectivity index (χ0) is 9.97. The van der Waals surface area contributed by atoms with Gasteiger partial charge in [0.25, 0.3) is 0 Å². The van der Waals surface area contributed by atoms with Gasteiger partial charge in [-0.05, 0) is 11.6 Å². The third-order valence-corrected chi connectivity index (χ3v) is 2.83. The number of amidine groups is 1. The SMILES string of the molecule is CC(C1=NCCN1)c1ccccc1Cl. The first-order valence-corrected chi connectivity index (χ1v) is 5.19. The maximum atomic E-state index is 6.11. The van der Waals surface area contributed by atoms with Crippen LogP contribution in [0, 0.1) is 0 Å². The Labute approximate surface area is 89.0 Å². The summed E-state index contributed by atoms with van der Waals surface area (Å²) >= 11 is 6.11. The number of nitrogens with zero attached hydrogens (tertiary/aromatic N) is 1. The first-order valence-electron chi connectivity index (χ1n) is 4.81. The fourth-order valence-electron chi connectivity index (χ4n) is 1.68. The average molecular weight is 209 g/mol. The van der Waals surface area contributed by atoms with Crippen molar-refractivity contribution in [1.29, 1.82) is 0 Å². The van der Waals surface area contributed by atoms with Crippen LogP contribution in [0.15, 0.2) is 29.3 Å². The molecule has 0 saturated carbocycles. The van der Waals surface area contributed by atoms with Crippen molar-refractivity contribution in [3.05, 3.63) is 34.9 Å². The maximum absolute atomic E-state index is 6.11. The summed E-state index contributed by atoms with van der Waals surface area (Å²) in [5.41, 5.74) is 1.14. The average Bonchev–Trinajstić information content (AvgIpc) is 2.70. The number of nitrogens with one attached hydrogen (secondary N) is 1. The van der Waals surface area contributed by atoms with Crippen molar-refractivity contribution in [3.8, 4) is 0 Å². The quantitative estimate of drug-likeness (QED) is 0.794. The van der Waals surface area contributed by atoms with Gasteiger partial charge in [-0.2, -0.15) is 0 Å².